The van der Waals surface area contributed by atoms with E-state index in [1.54, 1.807) is 0 Å². The highest BCUT2D eigenvalue weighted by Gasteiger charge is 2.14. The summed E-state index contributed by atoms with van der Waals surface area (Å²) in [6.07, 6.45) is 11.6. The Morgan fingerprint density at radius 3 is 1.86 bits per heavy atom. The molecule has 0 unspecified atom stereocenters. The fourth-order valence-corrected chi connectivity index (χ4v) is 3.51. The molecule has 0 aliphatic carbocycles. The molecular weight excluding hydrogens is 270 g/mol. The van der Waals surface area contributed by atoms with Crippen LogP contribution in [0.15, 0.2) is 30.3 Å². The molecule has 0 amide bonds. The lowest BCUT2D eigenvalue weighted by Crippen LogP contribution is -2.39. The Morgan fingerprint density at radius 2 is 1.29 bits per heavy atom. The van der Waals surface area contributed by atoms with Crippen LogP contribution in [0.25, 0.3) is 0 Å². The van der Waals surface area contributed by atoms with Crippen molar-refractivity contribution in [1.82, 2.24) is 0 Å². The third-order valence-electron chi connectivity index (χ3n) is 4.32. The van der Waals surface area contributed by atoms with Crippen LogP contribution in [0.4, 0.5) is 0 Å². The molecule has 0 bridgehead atoms. The summed E-state index contributed by atoms with van der Waals surface area (Å²) in [5.74, 6) is 0. The maximum Gasteiger partial charge on any atom is 0.104 e. The minimum atomic E-state index is 1.12. The number of hydrogen-bond donors (Lipinski definition) is 0. The molecule has 1 aromatic carbocycles. The summed E-state index contributed by atoms with van der Waals surface area (Å²) < 4.78 is 1.12. The molecule has 120 valence electrons. The first-order valence-corrected chi connectivity index (χ1v) is 10.4. The van der Waals surface area contributed by atoms with E-state index < -0.39 is 0 Å². The van der Waals surface area contributed by atoms with Gasteiger partial charge in [-0.05, 0) is 12.8 Å². The molecule has 0 saturated carbocycles. The largest absolute Gasteiger partial charge is 0.325 e. The molecule has 1 nitrogen and oxygen atoms in total. The summed E-state index contributed by atoms with van der Waals surface area (Å²) in [5.41, 5.74) is 1.46. The maximum absolute atomic E-state index is 2.36. The van der Waals surface area contributed by atoms with Gasteiger partial charge in [0.05, 0.1) is 20.6 Å². The van der Waals surface area contributed by atoms with Crippen molar-refractivity contribution in [3.63, 3.8) is 0 Å². The smallest absolute Gasteiger partial charge is 0.104 e. The third kappa shape index (κ3) is 9.86. The van der Waals surface area contributed by atoms with Crippen molar-refractivity contribution in [3.05, 3.63) is 35.9 Å². The highest BCUT2D eigenvalue weighted by molar-refractivity contribution is 6.08. The zero-order chi connectivity index (χ0) is 15.4. The van der Waals surface area contributed by atoms with E-state index in [-0.39, 0.29) is 0 Å². The first kappa shape index (κ1) is 18.4. The molecule has 0 aliphatic rings. The molecule has 0 atom stereocenters. The second-order valence-electron chi connectivity index (χ2n) is 7.13. The van der Waals surface area contributed by atoms with E-state index in [1.807, 2.05) is 0 Å². The van der Waals surface area contributed by atoms with Gasteiger partial charge in [0.2, 0.25) is 0 Å². The van der Waals surface area contributed by atoms with Crippen molar-refractivity contribution >= 4 is 10.2 Å². The topological polar surface area (TPSA) is 0 Å². The van der Waals surface area contributed by atoms with Crippen molar-refractivity contribution in [3.8, 4) is 0 Å². The van der Waals surface area contributed by atoms with Gasteiger partial charge in [0.25, 0.3) is 0 Å². The van der Waals surface area contributed by atoms with Crippen LogP contribution in [0.1, 0.15) is 56.9 Å². The molecule has 0 aliphatic heterocycles. The van der Waals surface area contributed by atoms with Gasteiger partial charge in [0.15, 0.2) is 0 Å². The van der Waals surface area contributed by atoms with Crippen LogP contribution < -0.4 is 0 Å². The van der Waals surface area contributed by atoms with Gasteiger partial charge in [-0.2, -0.15) is 0 Å². The lowest BCUT2D eigenvalue weighted by Gasteiger charge is -2.30. The summed E-state index contributed by atoms with van der Waals surface area (Å²) in [4.78, 5) is 0. The zero-order valence-corrected chi connectivity index (χ0v) is 16.6. The lowest BCUT2D eigenvalue weighted by molar-refractivity contribution is -0.903. The predicted molar refractivity (Wildman–Crippen MR) is 98.8 cm³/mol. The Balaban J connectivity index is 2.03. The molecular formula is C19H36NSi+. The highest BCUT2D eigenvalue weighted by atomic mass is 28.1. The van der Waals surface area contributed by atoms with Crippen LogP contribution in [0.2, 0.25) is 6.04 Å². The minimum Gasteiger partial charge on any atom is -0.325 e. The number of quaternary nitrogens is 1. The summed E-state index contributed by atoms with van der Waals surface area (Å²) in [5, 5.41) is 0. The lowest BCUT2D eigenvalue weighted by atomic mass is 10.1. The first-order valence-electron chi connectivity index (χ1n) is 9.00. The number of benzene rings is 1. The van der Waals surface area contributed by atoms with Gasteiger partial charge in [-0.1, -0.05) is 74.9 Å². The number of hydrogen-bond acceptors (Lipinski definition) is 0. The Kier molecular flexibility index (Phi) is 9.69. The van der Waals surface area contributed by atoms with Gasteiger partial charge < -0.3 is 4.48 Å². The summed E-state index contributed by atoms with van der Waals surface area (Å²) in [6.45, 7) is 2.45. The van der Waals surface area contributed by atoms with Gasteiger partial charge >= 0.3 is 0 Å². The van der Waals surface area contributed by atoms with Crippen LogP contribution in [0, 0.1) is 0 Å². The van der Waals surface area contributed by atoms with Crippen LogP contribution in [-0.4, -0.2) is 35.4 Å². The monoisotopic (exact) mass is 306 g/mol. The van der Waals surface area contributed by atoms with E-state index in [0.717, 1.165) is 11.0 Å². The molecule has 0 aromatic heterocycles. The molecule has 0 heterocycles. The van der Waals surface area contributed by atoms with E-state index in [4.69, 9.17) is 0 Å². The molecule has 1 aromatic rings. The quantitative estimate of drug-likeness (QED) is 0.309. The van der Waals surface area contributed by atoms with Crippen molar-refractivity contribution in [2.75, 3.05) is 20.6 Å². The highest BCUT2D eigenvalue weighted by Crippen LogP contribution is 2.13. The average Bonchev–Trinajstić information content (AvgIpc) is 2.46. The van der Waals surface area contributed by atoms with Crippen LogP contribution in [-0.2, 0) is 6.54 Å². The fraction of sp³-hybridized carbons (Fsp3) is 0.684. The van der Waals surface area contributed by atoms with Crippen LogP contribution >= 0.6 is 0 Å². The Bertz CT molecular complexity index is 348. The van der Waals surface area contributed by atoms with E-state index in [0.29, 0.717) is 0 Å². The maximum atomic E-state index is 2.36. The van der Waals surface area contributed by atoms with Gasteiger partial charge in [-0.15, -0.1) is 0 Å². The summed E-state index contributed by atoms with van der Waals surface area (Å²) in [7, 11) is 6.12. The third-order valence-corrected chi connectivity index (χ3v) is 5.03. The molecule has 2 heteroatoms. The van der Waals surface area contributed by atoms with E-state index in [9.17, 15) is 0 Å². The van der Waals surface area contributed by atoms with Crippen LogP contribution in [0.5, 0.6) is 0 Å². The SMILES string of the molecule is C[N+](C)(CCCCCCCCCC[SiH3])Cc1ccccc1. The van der Waals surface area contributed by atoms with Gasteiger partial charge in [-0.25, -0.2) is 0 Å². The van der Waals surface area contributed by atoms with Gasteiger partial charge in [0.1, 0.15) is 6.54 Å². The van der Waals surface area contributed by atoms with Crippen molar-refractivity contribution in [2.45, 2.75) is 64.0 Å². The number of nitrogens with zero attached hydrogens (tertiary/aromatic N) is 1. The second-order valence-corrected chi connectivity index (χ2v) is 8.13. The van der Waals surface area contributed by atoms with E-state index in [2.05, 4.69) is 44.4 Å². The van der Waals surface area contributed by atoms with Gasteiger partial charge in [-0.3, -0.25) is 0 Å². The molecule has 21 heavy (non-hydrogen) atoms. The minimum absolute atomic E-state index is 1.12. The van der Waals surface area contributed by atoms with E-state index >= 15 is 0 Å². The molecule has 0 spiro atoms. The Labute approximate surface area is 135 Å². The van der Waals surface area contributed by atoms with Crippen molar-refractivity contribution in [2.24, 2.45) is 0 Å². The molecule has 1 rings (SSSR count). The van der Waals surface area contributed by atoms with E-state index in [1.165, 1.54) is 79.8 Å². The molecule has 0 radical (unpaired) electrons. The molecule has 0 N–H and O–H groups in total. The van der Waals surface area contributed by atoms with Crippen molar-refractivity contribution < 1.29 is 4.48 Å². The number of rotatable bonds is 12. The Hall–Kier alpha value is -0.603. The van der Waals surface area contributed by atoms with Crippen LogP contribution in [0.3, 0.4) is 0 Å². The fourth-order valence-electron chi connectivity index (χ4n) is 3.01. The standard InChI is InChI=1S/C19H36NSi/c1-20(2,18-19-14-10-9-11-15-19)16-12-7-5-3-4-6-8-13-17-21/h9-11,14-15H,3-8,12-13,16-18H2,1-2,21H3/q+1. The number of unbranched alkanes of at least 4 members (excludes halogenated alkanes) is 7. The normalized spacial score (nSPS) is 11.9. The summed E-state index contributed by atoms with van der Waals surface area (Å²) >= 11 is 0. The molecule has 0 fully saturated rings. The molecule has 0 saturated heterocycles. The second kappa shape index (κ2) is 11.0. The van der Waals surface area contributed by atoms with Crippen molar-refractivity contribution in [1.29, 1.82) is 0 Å². The summed E-state index contributed by atoms with van der Waals surface area (Å²) in [6, 6.07) is 12.4. The predicted octanol–water partition coefficient (Wildman–Crippen LogP) is 4.17. The average molecular weight is 307 g/mol. The van der Waals surface area contributed by atoms with Gasteiger partial charge in [0, 0.05) is 15.8 Å². The zero-order valence-electron chi connectivity index (χ0n) is 14.6. The first-order chi connectivity index (χ1) is 10.1. The Morgan fingerprint density at radius 1 is 0.762 bits per heavy atom.